The summed E-state index contributed by atoms with van der Waals surface area (Å²) < 4.78 is 5.88. The number of hydrogen-bond acceptors (Lipinski definition) is 8. The van der Waals surface area contributed by atoms with E-state index in [0.29, 0.717) is 28.6 Å². The van der Waals surface area contributed by atoms with Gasteiger partial charge in [0.1, 0.15) is 29.5 Å². The lowest BCUT2D eigenvalue weighted by molar-refractivity contribution is -0.127. The van der Waals surface area contributed by atoms with Gasteiger partial charge in [-0.1, -0.05) is 32.0 Å². The summed E-state index contributed by atoms with van der Waals surface area (Å²) in [5.74, 6) is 2.80. The fourth-order valence-corrected chi connectivity index (χ4v) is 5.09. The fourth-order valence-electron chi connectivity index (χ4n) is 5.09. The van der Waals surface area contributed by atoms with Gasteiger partial charge in [-0.3, -0.25) is 15.1 Å². The Morgan fingerprint density at radius 3 is 2.25 bits per heavy atom. The summed E-state index contributed by atoms with van der Waals surface area (Å²) >= 11 is 0. The maximum Gasteiger partial charge on any atom is 0.237 e. The molecule has 0 radical (unpaired) electrons. The van der Waals surface area contributed by atoms with Gasteiger partial charge in [0.2, 0.25) is 5.91 Å². The highest BCUT2D eigenvalue weighted by atomic mass is 16.5. The molecular weight excluding hydrogens is 502 g/mol. The molecule has 0 aliphatic heterocycles. The number of carbonyl (C=O) groups is 1. The lowest BCUT2D eigenvalue weighted by Crippen LogP contribution is -2.49. The number of nitrogens with two attached hydrogens (primary N) is 1. The number of aromatic nitrogens is 2. The molecule has 5 N–H and O–H groups in total. The third-order valence-electron chi connectivity index (χ3n) is 7.28. The zero-order valence-corrected chi connectivity index (χ0v) is 23.9. The number of rotatable bonds is 11. The molecule has 1 saturated carbocycles. The van der Waals surface area contributed by atoms with Crippen LogP contribution in [0.2, 0.25) is 0 Å². The second-order valence-corrected chi connectivity index (χ2v) is 11.1. The molecule has 1 atom stereocenters. The maximum atomic E-state index is 12.9. The number of nitrogens with zero attached hydrogens (tertiary/aromatic N) is 3. The van der Waals surface area contributed by atoms with E-state index in [0.717, 1.165) is 37.9 Å². The third-order valence-corrected chi connectivity index (χ3v) is 7.28. The van der Waals surface area contributed by atoms with Gasteiger partial charge in [0, 0.05) is 17.6 Å². The zero-order valence-electron chi connectivity index (χ0n) is 23.9. The van der Waals surface area contributed by atoms with E-state index in [1.807, 2.05) is 73.6 Å². The minimum absolute atomic E-state index is 0.106. The molecule has 2 aromatic carbocycles. The van der Waals surface area contributed by atoms with Crippen LogP contribution in [0, 0.1) is 11.3 Å². The van der Waals surface area contributed by atoms with Crippen molar-refractivity contribution in [3.63, 3.8) is 0 Å². The molecule has 40 heavy (non-hydrogen) atoms. The first-order chi connectivity index (χ1) is 19.2. The van der Waals surface area contributed by atoms with Crippen molar-refractivity contribution < 1.29 is 9.53 Å². The van der Waals surface area contributed by atoms with Gasteiger partial charge >= 0.3 is 0 Å². The van der Waals surface area contributed by atoms with Crippen LogP contribution in [0.15, 0.2) is 60.9 Å². The average Bonchev–Trinajstić information content (AvgIpc) is 2.93. The largest absolute Gasteiger partial charge is 0.457 e. The monoisotopic (exact) mass is 543 g/mol. The van der Waals surface area contributed by atoms with Crippen LogP contribution in [0.25, 0.3) is 0 Å². The highest BCUT2D eigenvalue weighted by Gasteiger charge is 2.28. The highest BCUT2D eigenvalue weighted by Crippen LogP contribution is 2.28. The minimum atomic E-state index is -0.118. The van der Waals surface area contributed by atoms with Gasteiger partial charge in [-0.25, -0.2) is 9.97 Å². The first kappa shape index (κ1) is 29.0. The molecule has 4 rings (SSSR count). The van der Waals surface area contributed by atoms with Crippen molar-refractivity contribution >= 4 is 23.3 Å². The van der Waals surface area contributed by atoms with Crippen LogP contribution < -0.4 is 21.1 Å². The van der Waals surface area contributed by atoms with Crippen molar-refractivity contribution in [3.05, 3.63) is 72.1 Å². The normalized spacial score (nSPS) is 17.9. The Balaban J connectivity index is 1.37. The van der Waals surface area contributed by atoms with Crippen LogP contribution in [0.3, 0.4) is 0 Å². The van der Waals surface area contributed by atoms with E-state index >= 15 is 0 Å². The Morgan fingerprint density at radius 2 is 1.62 bits per heavy atom. The smallest absolute Gasteiger partial charge is 0.237 e. The Labute approximate surface area is 237 Å². The lowest BCUT2D eigenvalue weighted by atomic mass is 9.90. The number of amides is 1. The van der Waals surface area contributed by atoms with E-state index in [9.17, 15) is 4.79 Å². The highest BCUT2D eigenvalue weighted by molar-refractivity contribution is 6.16. The van der Waals surface area contributed by atoms with E-state index < -0.39 is 0 Å². The van der Waals surface area contributed by atoms with Crippen LogP contribution in [-0.4, -0.2) is 58.7 Å². The van der Waals surface area contributed by atoms with Crippen LogP contribution in [0.1, 0.15) is 57.1 Å². The number of nitrogens with one attached hydrogen (secondary N) is 3. The number of para-hydroxylation sites is 1. The molecule has 0 spiro atoms. The van der Waals surface area contributed by atoms with Gasteiger partial charge in [0.15, 0.2) is 0 Å². The molecule has 9 nitrogen and oxygen atoms in total. The van der Waals surface area contributed by atoms with Crippen molar-refractivity contribution in [2.75, 3.05) is 25.1 Å². The molecule has 1 heterocycles. The van der Waals surface area contributed by atoms with Gasteiger partial charge in [0.05, 0.1) is 17.3 Å². The van der Waals surface area contributed by atoms with E-state index in [1.54, 1.807) is 0 Å². The van der Waals surface area contributed by atoms with Crippen LogP contribution in [-0.2, 0) is 4.79 Å². The molecule has 0 bridgehead atoms. The van der Waals surface area contributed by atoms with Gasteiger partial charge in [-0.05, 0) is 88.5 Å². The van der Waals surface area contributed by atoms with Crippen molar-refractivity contribution in [2.45, 2.75) is 64.1 Å². The predicted octanol–water partition coefficient (Wildman–Crippen LogP) is 5.08. The van der Waals surface area contributed by atoms with E-state index in [1.165, 1.54) is 6.33 Å². The zero-order chi connectivity index (χ0) is 28.6. The average molecular weight is 544 g/mol. The van der Waals surface area contributed by atoms with Crippen molar-refractivity contribution in [1.82, 2.24) is 20.2 Å². The quantitative estimate of drug-likeness (QED) is 0.248. The molecule has 1 aliphatic rings. The van der Waals surface area contributed by atoms with Crippen molar-refractivity contribution in [1.29, 1.82) is 5.41 Å². The molecule has 0 unspecified atom stereocenters. The van der Waals surface area contributed by atoms with Crippen molar-refractivity contribution in [2.24, 2.45) is 5.92 Å². The molecule has 212 valence electrons. The number of likely N-dealkylation sites (N-methyl/N-ethyl adjacent to an activating group) is 1. The molecule has 1 aromatic heterocycles. The maximum absolute atomic E-state index is 12.9. The molecule has 1 fully saturated rings. The Morgan fingerprint density at radius 1 is 1.00 bits per heavy atom. The second-order valence-electron chi connectivity index (χ2n) is 11.1. The minimum Gasteiger partial charge on any atom is -0.457 e. The Bertz CT molecular complexity index is 1270. The number of nitrogen functional groups attached to an aromatic ring is 1. The standard InChI is InChI=1S/C31H41N7O2/c1-20(2)18-26(38(3)4)31(39)37-23-14-12-22(13-15-23)36-30-27(29(33)34-19-35-30)28(32)21-10-16-25(17-11-21)40-24-8-6-5-7-9-24/h5-11,16-17,19-20,22-23,26,32H,12-15,18H2,1-4H3,(H,37,39)(H3,33,34,35,36)/t22?,23?,26-/m1/s1. The Hall–Kier alpha value is -3.98. The summed E-state index contributed by atoms with van der Waals surface area (Å²) in [6, 6.07) is 17.1. The van der Waals surface area contributed by atoms with Gasteiger partial charge in [-0.2, -0.15) is 0 Å². The number of hydrogen-bond donors (Lipinski definition) is 4. The van der Waals surface area contributed by atoms with Gasteiger partial charge < -0.3 is 21.1 Å². The van der Waals surface area contributed by atoms with Crippen LogP contribution >= 0.6 is 0 Å². The fraction of sp³-hybridized carbons (Fsp3) is 0.419. The second kappa shape index (κ2) is 13.4. The lowest BCUT2D eigenvalue weighted by Gasteiger charge is -2.32. The first-order valence-electron chi connectivity index (χ1n) is 14.0. The molecular formula is C31H41N7O2. The van der Waals surface area contributed by atoms with Crippen LogP contribution in [0.4, 0.5) is 11.6 Å². The number of benzene rings is 2. The molecule has 9 heteroatoms. The van der Waals surface area contributed by atoms with Gasteiger partial charge in [-0.15, -0.1) is 0 Å². The van der Waals surface area contributed by atoms with E-state index in [2.05, 4.69) is 34.4 Å². The molecule has 1 aliphatic carbocycles. The predicted molar refractivity (Wildman–Crippen MR) is 160 cm³/mol. The number of anilines is 2. The topological polar surface area (TPSA) is 129 Å². The summed E-state index contributed by atoms with van der Waals surface area (Å²) in [7, 11) is 3.92. The molecule has 1 amide bonds. The SMILES string of the molecule is CC(C)C[C@H](C(=O)NC1CCC(Nc2ncnc(N)c2C(=N)c2ccc(Oc3ccccc3)cc2)CC1)N(C)C. The van der Waals surface area contributed by atoms with E-state index in [4.69, 9.17) is 15.9 Å². The Kier molecular flexibility index (Phi) is 9.71. The number of ether oxygens (including phenoxy) is 1. The summed E-state index contributed by atoms with van der Waals surface area (Å²) in [5, 5.41) is 15.7. The summed E-state index contributed by atoms with van der Waals surface area (Å²) in [6.45, 7) is 4.29. The molecule has 0 saturated heterocycles. The number of carbonyl (C=O) groups excluding carboxylic acids is 1. The van der Waals surface area contributed by atoms with Gasteiger partial charge in [0.25, 0.3) is 0 Å². The third kappa shape index (κ3) is 7.57. The summed E-state index contributed by atoms with van der Waals surface area (Å²) in [6.07, 6.45) is 5.77. The summed E-state index contributed by atoms with van der Waals surface area (Å²) in [4.78, 5) is 23.5. The molecule has 3 aromatic rings. The summed E-state index contributed by atoms with van der Waals surface area (Å²) in [5.41, 5.74) is 7.67. The van der Waals surface area contributed by atoms with Crippen LogP contribution in [0.5, 0.6) is 11.5 Å². The van der Waals surface area contributed by atoms with E-state index in [-0.39, 0.29) is 35.6 Å². The first-order valence-corrected chi connectivity index (χ1v) is 14.0. The van der Waals surface area contributed by atoms with Crippen molar-refractivity contribution in [3.8, 4) is 11.5 Å².